The number of amides is 1. The molecular weight excluding hydrogens is 287 g/mol. The number of rotatable bonds is 5. The van der Waals surface area contributed by atoms with E-state index in [1.807, 2.05) is 14.1 Å². The zero-order valence-electron chi connectivity index (χ0n) is 13.3. The maximum atomic E-state index is 13.4. The van der Waals surface area contributed by atoms with E-state index in [0.717, 1.165) is 12.8 Å². The Morgan fingerprint density at radius 1 is 1.41 bits per heavy atom. The van der Waals surface area contributed by atoms with Crippen molar-refractivity contribution < 1.29 is 18.7 Å². The van der Waals surface area contributed by atoms with Crippen molar-refractivity contribution in [1.29, 1.82) is 0 Å². The van der Waals surface area contributed by atoms with Crippen molar-refractivity contribution in [3.63, 3.8) is 0 Å². The average molecular weight is 310 g/mol. The highest BCUT2D eigenvalue weighted by atomic mass is 19.1. The molecule has 1 heterocycles. The van der Waals surface area contributed by atoms with Gasteiger partial charge in [0, 0.05) is 25.3 Å². The molecule has 6 heteroatoms. The number of carbonyl (C=O) groups excluding carboxylic acids is 1. The molecule has 0 aromatic heterocycles. The molecule has 22 heavy (non-hydrogen) atoms. The number of nitrogens with one attached hydrogen (secondary N) is 1. The lowest BCUT2D eigenvalue weighted by Crippen LogP contribution is -2.55. The zero-order chi connectivity index (χ0) is 16.2. The number of hydrogen-bond donors (Lipinski definition) is 1. The van der Waals surface area contributed by atoms with E-state index in [0.29, 0.717) is 25.5 Å². The highest BCUT2D eigenvalue weighted by Gasteiger charge is 2.35. The number of nitrogens with zero attached hydrogens (tertiary/aromatic N) is 1. The van der Waals surface area contributed by atoms with Crippen LogP contribution in [0.3, 0.4) is 0 Å². The zero-order valence-corrected chi connectivity index (χ0v) is 13.3. The molecule has 2 rings (SSSR count). The summed E-state index contributed by atoms with van der Waals surface area (Å²) >= 11 is 0. The molecule has 1 aromatic rings. The molecule has 122 valence electrons. The van der Waals surface area contributed by atoms with Crippen LogP contribution >= 0.6 is 0 Å². The van der Waals surface area contributed by atoms with E-state index < -0.39 is 5.82 Å². The highest BCUT2D eigenvalue weighted by molar-refractivity contribution is 5.97. The lowest BCUT2D eigenvalue weighted by molar-refractivity contribution is -0.00659. The number of methoxy groups -OCH3 is 1. The number of benzene rings is 1. The van der Waals surface area contributed by atoms with Gasteiger partial charge in [-0.05, 0) is 45.1 Å². The van der Waals surface area contributed by atoms with Gasteiger partial charge in [-0.3, -0.25) is 4.79 Å². The topological polar surface area (TPSA) is 50.8 Å². The first-order valence-electron chi connectivity index (χ1n) is 7.35. The molecule has 1 aliphatic heterocycles. The third-order valence-corrected chi connectivity index (χ3v) is 4.36. The maximum absolute atomic E-state index is 13.4. The SMILES string of the molecule is COc1ccc(F)cc1C(=O)NCC1(N(C)C)CCOCC1. The molecule has 0 spiro atoms. The van der Waals surface area contributed by atoms with E-state index in [2.05, 4.69) is 10.2 Å². The van der Waals surface area contributed by atoms with Gasteiger partial charge in [-0.15, -0.1) is 0 Å². The van der Waals surface area contributed by atoms with Gasteiger partial charge < -0.3 is 19.7 Å². The molecule has 1 fully saturated rings. The molecular formula is C16H23FN2O3. The number of ether oxygens (including phenoxy) is 2. The number of halogens is 1. The molecule has 0 aliphatic carbocycles. The summed E-state index contributed by atoms with van der Waals surface area (Å²) in [6.45, 7) is 1.84. The Hall–Kier alpha value is -1.66. The van der Waals surface area contributed by atoms with Crippen LogP contribution in [-0.2, 0) is 4.74 Å². The number of carbonyl (C=O) groups is 1. The van der Waals surface area contributed by atoms with Crippen LogP contribution in [0.1, 0.15) is 23.2 Å². The van der Waals surface area contributed by atoms with Gasteiger partial charge in [0.05, 0.1) is 12.7 Å². The largest absolute Gasteiger partial charge is 0.496 e. The van der Waals surface area contributed by atoms with Crippen molar-refractivity contribution in [3.8, 4) is 5.75 Å². The van der Waals surface area contributed by atoms with E-state index in [-0.39, 0.29) is 17.0 Å². The third kappa shape index (κ3) is 3.56. The molecule has 0 unspecified atom stereocenters. The highest BCUT2D eigenvalue weighted by Crippen LogP contribution is 2.26. The van der Waals surface area contributed by atoms with E-state index >= 15 is 0 Å². The summed E-state index contributed by atoms with van der Waals surface area (Å²) in [5.74, 6) is -0.423. The summed E-state index contributed by atoms with van der Waals surface area (Å²) < 4.78 is 23.9. The summed E-state index contributed by atoms with van der Waals surface area (Å²) in [5, 5.41) is 2.91. The van der Waals surface area contributed by atoms with Gasteiger partial charge in [-0.25, -0.2) is 4.39 Å². The first-order valence-corrected chi connectivity index (χ1v) is 7.35. The van der Waals surface area contributed by atoms with Crippen molar-refractivity contribution in [1.82, 2.24) is 10.2 Å². The Labute approximate surface area is 130 Å². The van der Waals surface area contributed by atoms with Crippen LogP contribution in [0.15, 0.2) is 18.2 Å². The number of likely N-dealkylation sites (N-methyl/N-ethyl adjacent to an activating group) is 1. The standard InChI is InChI=1S/C16H23FN2O3/c1-19(2)16(6-8-22-9-7-16)11-18-15(20)13-10-12(17)4-5-14(13)21-3/h4-5,10H,6-9,11H2,1-3H3,(H,18,20). The molecule has 5 nitrogen and oxygen atoms in total. The van der Waals surface area contributed by atoms with E-state index in [1.54, 1.807) is 0 Å². The van der Waals surface area contributed by atoms with Crippen LogP contribution in [0, 0.1) is 5.82 Å². The van der Waals surface area contributed by atoms with Crippen molar-refractivity contribution in [2.45, 2.75) is 18.4 Å². The van der Waals surface area contributed by atoms with Crippen LogP contribution in [0.4, 0.5) is 4.39 Å². The lowest BCUT2D eigenvalue weighted by atomic mass is 9.88. The molecule has 0 radical (unpaired) electrons. The smallest absolute Gasteiger partial charge is 0.255 e. The first-order chi connectivity index (χ1) is 10.5. The van der Waals surface area contributed by atoms with E-state index in [4.69, 9.17) is 9.47 Å². The van der Waals surface area contributed by atoms with Gasteiger partial charge in [0.1, 0.15) is 11.6 Å². The molecule has 1 amide bonds. The fourth-order valence-electron chi connectivity index (χ4n) is 2.73. The molecule has 0 atom stereocenters. The Bertz CT molecular complexity index is 528. The summed E-state index contributed by atoms with van der Waals surface area (Å²) in [5.41, 5.74) is 0.0811. The van der Waals surface area contributed by atoms with E-state index in [9.17, 15) is 9.18 Å². The van der Waals surface area contributed by atoms with Crippen molar-refractivity contribution >= 4 is 5.91 Å². The summed E-state index contributed by atoms with van der Waals surface area (Å²) in [7, 11) is 5.46. The molecule has 0 saturated carbocycles. The predicted octanol–water partition coefficient (Wildman–Crippen LogP) is 1.67. The lowest BCUT2D eigenvalue weighted by Gasteiger charge is -2.42. The van der Waals surface area contributed by atoms with Crippen molar-refractivity contribution in [2.75, 3.05) is 41.0 Å². The van der Waals surface area contributed by atoms with Gasteiger partial charge >= 0.3 is 0 Å². The third-order valence-electron chi connectivity index (χ3n) is 4.36. The molecule has 1 aliphatic rings. The van der Waals surface area contributed by atoms with Gasteiger partial charge in [0.2, 0.25) is 0 Å². The van der Waals surface area contributed by atoms with Crippen molar-refractivity contribution in [3.05, 3.63) is 29.6 Å². The quantitative estimate of drug-likeness (QED) is 0.899. The van der Waals surface area contributed by atoms with Crippen LogP contribution in [-0.4, -0.2) is 57.3 Å². The first kappa shape index (κ1) is 16.7. The fourth-order valence-corrected chi connectivity index (χ4v) is 2.73. The molecule has 1 aromatic carbocycles. The maximum Gasteiger partial charge on any atom is 0.255 e. The second-order valence-electron chi connectivity index (χ2n) is 5.76. The summed E-state index contributed by atoms with van der Waals surface area (Å²) in [6, 6.07) is 3.93. The van der Waals surface area contributed by atoms with Gasteiger partial charge in [0.25, 0.3) is 5.91 Å². The summed E-state index contributed by atoms with van der Waals surface area (Å²) in [6.07, 6.45) is 1.70. The minimum atomic E-state index is -0.459. The fraction of sp³-hybridized carbons (Fsp3) is 0.562. The Balaban J connectivity index is 2.10. The molecule has 1 saturated heterocycles. The second kappa shape index (κ2) is 7.07. The van der Waals surface area contributed by atoms with Crippen LogP contribution in [0.25, 0.3) is 0 Å². The van der Waals surface area contributed by atoms with Gasteiger partial charge in [0.15, 0.2) is 0 Å². The van der Waals surface area contributed by atoms with Crippen LogP contribution in [0.5, 0.6) is 5.75 Å². The second-order valence-corrected chi connectivity index (χ2v) is 5.76. The van der Waals surface area contributed by atoms with E-state index in [1.165, 1.54) is 25.3 Å². The van der Waals surface area contributed by atoms with Gasteiger partial charge in [-0.2, -0.15) is 0 Å². The summed E-state index contributed by atoms with van der Waals surface area (Å²) in [4.78, 5) is 14.5. The Kier molecular flexibility index (Phi) is 5.37. The Morgan fingerprint density at radius 2 is 2.09 bits per heavy atom. The van der Waals surface area contributed by atoms with Gasteiger partial charge in [-0.1, -0.05) is 0 Å². The molecule has 0 bridgehead atoms. The minimum absolute atomic E-state index is 0.130. The van der Waals surface area contributed by atoms with Crippen molar-refractivity contribution in [2.24, 2.45) is 0 Å². The normalized spacial score (nSPS) is 17.3. The minimum Gasteiger partial charge on any atom is -0.496 e. The Morgan fingerprint density at radius 3 is 2.68 bits per heavy atom. The molecule has 1 N–H and O–H groups in total. The number of hydrogen-bond acceptors (Lipinski definition) is 4. The average Bonchev–Trinajstić information content (AvgIpc) is 2.53. The van der Waals surface area contributed by atoms with Crippen LogP contribution in [0.2, 0.25) is 0 Å². The predicted molar refractivity (Wildman–Crippen MR) is 81.8 cm³/mol. The monoisotopic (exact) mass is 310 g/mol. The van der Waals surface area contributed by atoms with Crippen LogP contribution < -0.4 is 10.1 Å².